The fraction of sp³-hybridized carbons (Fsp3) is 0.941. The van der Waals surface area contributed by atoms with E-state index in [0.717, 1.165) is 38.4 Å². The Kier molecular flexibility index (Phi) is 6.06. The summed E-state index contributed by atoms with van der Waals surface area (Å²) >= 11 is 0. The number of hydrogen-bond acceptors (Lipinski definition) is 4. The van der Waals surface area contributed by atoms with Crippen molar-refractivity contribution in [3.05, 3.63) is 0 Å². The Labute approximate surface area is 129 Å². The molecule has 4 nitrogen and oxygen atoms in total. The van der Waals surface area contributed by atoms with E-state index in [-0.39, 0.29) is 5.97 Å². The van der Waals surface area contributed by atoms with E-state index < -0.39 is 5.54 Å². The average molecular weight is 296 g/mol. The van der Waals surface area contributed by atoms with Crippen LogP contribution in [-0.2, 0) is 9.53 Å². The lowest BCUT2D eigenvalue weighted by molar-refractivity contribution is -0.153. The van der Waals surface area contributed by atoms with Gasteiger partial charge in [-0.25, -0.2) is 4.79 Å². The Balaban J connectivity index is 2.01. The molecule has 0 saturated heterocycles. The van der Waals surface area contributed by atoms with Crippen molar-refractivity contribution in [3.8, 4) is 0 Å². The third-order valence-electron chi connectivity index (χ3n) is 4.97. The molecule has 0 aliphatic heterocycles. The van der Waals surface area contributed by atoms with E-state index in [1.807, 2.05) is 6.92 Å². The van der Waals surface area contributed by atoms with Gasteiger partial charge in [-0.1, -0.05) is 19.8 Å². The van der Waals surface area contributed by atoms with Gasteiger partial charge in [0, 0.05) is 13.1 Å². The molecule has 2 aliphatic carbocycles. The van der Waals surface area contributed by atoms with E-state index >= 15 is 0 Å². The van der Waals surface area contributed by atoms with Gasteiger partial charge in [0.25, 0.3) is 0 Å². The summed E-state index contributed by atoms with van der Waals surface area (Å²) < 4.78 is 5.40. The zero-order chi connectivity index (χ0) is 15.3. The van der Waals surface area contributed by atoms with Crippen LogP contribution in [0, 0.1) is 11.8 Å². The summed E-state index contributed by atoms with van der Waals surface area (Å²) in [5, 5.41) is 3.48. The molecule has 0 aromatic rings. The molecule has 0 radical (unpaired) electrons. The van der Waals surface area contributed by atoms with Crippen LogP contribution in [0.1, 0.15) is 52.4 Å². The van der Waals surface area contributed by atoms with E-state index in [1.165, 1.54) is 25.7 Å². The van der Waals surface area contributed by atoms with Crippen LogP contribution >= 0.6 is 0 Å². The number of ether oxygens (including phenoxy) is 1. The molecular weight excluding hydrogens is 264 g/mol. The number of esters is 1. The molecule has 0 amide bonds. The molecule has 2 rings (SSSR count). The van der Waals surface area contributed by atoms with E-state index in [9.17, 15) is 4.79 Å². The number of carbonyl (C=O) groups is 1. The Morgan fingerprint density at radius 1 is 1.24 bits per heavy atom. The van der Waals surface area contributed by atoms with Crippen molar-refractivity contribution in [3.63, 3.8) is 0 Å². The summed E-state index contributed by atoms with van der Waals surface area (Å²) in [6, 6.07) is 0. The van der Waals surface area contributed by atoms with Crippen molar-refractivity contribution in [2.75, 3.05) is 33.3 Å². The maximum atomic E-state index is 12.6. The van der Waals surface area contributed by atoms with Crippen LogP contribution in [0.3, 0.4) is 0 Å². The normalized spacial score (nSPS) is 22.5. The summed E-state index contributed by atoms with van der Waals surface area (Å²) in [6.45, 7) is 7.13. The second-order valence-corrected chi connectivity index (χ2v) is 6.84. The highest BCUT2D eigenvalue weighted by atomic mass is 16.5. The molecule has 0 heterocycles. The molecule has 1 atom stereocenters. The number of nitrogens with one attached hydrogen (secondary N) is 1. The molecule has 2 fully saturated rings. The summed E-state index contributed by atoms with van der Waals surface area (Å²) in [5.41, 5.74) is -0.488. The van der Waals surface area contributed by atoms with Crippen molar-refractivity contribution in [2.45, 2.75) is 57.9 Å². The fourth-order valence-electron chi connectivity index (χ4n) is 3.91. The van der Waals surface area contributed by atoms with Crippen molar-refractivity contribution in [1.82, 2.24) is 10.2 Å². The molecule has 0 spiro atoms. The first kappa shape index (κ1) is 16.8. The maximum Gasteiger partial charge on any atom is 0.327 e. The topological polar surface area (TPSA) is 41.6 Å². The van der Waals surface area contributed by atoms with Gasteiger partial charge in [0.2, 0.25) is 0 Å². The molecule has 2 aliphatic rings. The summed E-state index contributed by atoms with van der Waals surface area (Å²) in [5.74, 6) is 1.21. The lowest BCUT2D eigenvalue weighted by Crippen LogP contribution is -2.61. The highest BCUT2D eigenvalue weighted by Crippen LogP contribution is 2.41. The molecule has 0 aromatic heterocycles. The standard InChI is InChI=1S/C17H32N2O2/c1-4-18-17(15-10-11-15,16(20)21-5-2)13-19(3)12-14-8-6-7-9-14/h14-15,18H,4-13H2,1-3H3. The largest absolute Gasteiger partial charge is 0.465 e. The van der Waals surface area contributed by atoms with Gasteiger partial charge in [-0.2, -0.15) is 0 Å². The number of likely N-dealkylation sites (N-methyl/N-ethyl adjacent to an activating group) is 2. The highest BCUT2D eigenvalue weighted by Gasteiger charge is 2.52. The van der Waals surface area contributed by atoms with E-state index in [0.29, 0.717) is 12.5 Å². The maximum absolute atomic E-state index is 12.6. The van der Waals surface area contributed by atoms with Crippen LogP contribution < -0.4 is 5.32 Å². The minimum atomic E-state index is -0.488. The van der Waals surface area contributed by atoms with E-state index in [1.54, 1.807) is 0 Å². The van der Waals surface area contributed by atoms with Crippen molar-refractivity contribution in [1.29, 1.82) is 0 Å². The van der Waals surface area contributed by atoms with Crippen LogP contribution in [0.5, 0.6) is 0 Å². The molecule has 4 heteroatoms. The van der Waals surface area contributed by atoms with E-state index in [4.69, 9.17) is 4.74 Å². The van der Waals surface area contributed by atoms with Crippen molar-refractivity contribution < 1.29 is 9.53 Å². The minimum absolute atomic E-state index is 0.0485. The van der Waals surface area contributed by atoms with Crippen LogP contribution in [0.15, 0.2) is 0 Å². The highest BCUT2D eigenvalue weighted by molar-refractivity contribution is 5.82. The number of hydrogen-bond donors (Lipinski definition) is 1. The molecule has 122 valence electrons. The molecule has 1 N–H and O–H groups in total. The zero-order valence-corrected chi connectivity index (χ0v) is 14.0. The molecule has 0 aromatic carbocycles. The zero-order valence-electron chi connectivity index (χ0n) is 14.0. The Morgan fingerprint density at radius 3 is 2.43 bits per heavy atom. The van der Waals surface area contributed by atoms with Gasteiger partial charge in [0.15, 0.2) is 0 Å². The van der Waals surface area contributed by atoms with Crippen molar-refractivity contribution in [2.24, 2.45) is 11.8 Å². The average Bonchev–Trinajstić information content (AvgIpc) is 3.18. The predicted octanol–water partition coefficient (Wildman–Crippen LogP) is 2.43. The second kappa shape index (κ2) is 7.59. The van der Waals surface area contributed by atoms with Gasteiger partial charge >= 0.3 is 5.97 Å². The van der Waals surface area contributed by atoms with Gasteiger partial charge in [0.1, 0.15) is 5.54 Å². The number of rotatable bonds is 9. The summed E-state index contributed by atoms with van der Waals surface area (Å²) in [7, 11) is 2.16. The molecular formula is C17H32N2O2. The fourth-order valence-corrected chi connectivity index (χ4v) is 3.91. The third kappa shape index (κ3) is 4.19. The van der Waals surface area contributed by atoms with Gasteiger partial charge in [-0.05, 0) is 58.0 Å². The first-order chi connectivity index (χ1) is 10.1. The van der Waals surface area contributed by atoms with Crippen molar-refractivity contribution >= 4 is 5.97 Å². The summed E-state index contributed by atoms with van der Waals surface area (Å²) in [6.07, 6.45) is 7.73. The van der Waals surface area contributed by atoms with Crippen LogP contribution in [0.2, 0.25) is 0 Å². The number of nitrogens with zero attached hydrogens (tertiary/aromatic N) is 1. The summed E-state index contributed by atoms with van der Waals surface area (Å²) in [4.78, 5) is 15.0. The molecule has 21 heavy (non-hydrogen) atoms. The van der Waals surface area contributed by atoms with Gasteiger partial charge in [0.05, 0.1) is 6.61 Å². The van der Waals surface area contributed by atoms with Crippen LogP contribution in [0.25, 0.3) is 0 Å². The Bertz CT molecular complexity index is 338. The smallest absolute Gasteiger partial charge is 0.327 e. The molecule has 1 unspecified atom stereocenters. The first-order valence-electron chi connectivity index (χ1n) is 8.73. The van der Waals surface area contributed by atoms with Gasteiger partial charge < -0.3 is 15.0 Å². The van der Waals surface area contributed by atoms with Crippen LogP contribution in [0.4, 0.5) is 0 Å². The second-order valence-electron chi connectivity index (χ2n) is 6.84. The molecule has 0 bridgehead atoms. The SMILES string of the molecule is CCNC(CN(C)CC1CCCC1)(C(=O)OCC)C1CC1. The quantitative estimate of drug-likeness (QED) is 0.664. The minimum Gasteiger partial charge on any atom is -0.465 e. The van der Waals surface area contributed by atoms with Gasteiger partial charge in [-0.3, -0.25) is 0 Å². The lowest BCUT2D eigenvalue weighted by atomic mass is 9.91. The lowest BCUT2D eigenvalue weighted by Gasteiger charge is -2.36. The number of carbonyl (C=O) groups excluding carboxylic acids is 1. The first-order valence-corrected chi connectivity index (χ1v) is 8.73. The molecule has 2 saturated carbocycles. The van der Waals surface area contributed by atoms with E-state index in [2.05, 4.69) is 24.2 Å². The monoisotopic (exact) mass is 296 g/mol. The Morgan fingerprint density at radius 2 is 1.90 bits per heavy atom. The Hall–Kier alpha value is -0.610. The van der Waals surface area contributed by atoms with Gasteiger partial charge in [-0.15, -0.1) is 0 Å². The third-order valence-corrected chi connectivity index (χ3v) is 4.97. The predicted molar refractivity (Wildman–Crippen MR) is 85.2 cm³/mol. The van der Waals surface area contributed by atoms with Crippen LogP contribution in [-0.4, -0.2) is 49.7 Å².